The van der Waals surface area contributed by atoms with E-state index >= 15 is 0 Å². The van der Waals surface area contributed by atoms with Gasteiger partial charge in [-0.15, -0.1) is 16.4 Å². The second kappa shape index (κ2) is 109. The van der Waals surface area contributed by atoms with Gasteiger partial charge in [0.05, 0.1) is 61.2 Å². The van der Waals surface area contributed by atoms with Crippen LogP contribution in [0.15, 0.2) is 187 Å². The molecule has 0 amide bonds. The second-order valence-electron chi connectivity index (χ2n) is 26.8. The molecule has 14 aromatic rings. The highest BCUT2D eigenvalue weighted by Crippen LogP contribution is 2.27. The van der Waals surface area contributed by atoms with Crippen LogP contribution in [0.1, 0.15) is 419 Å². The summed E-state index contributed by atoms with van der Waals surface area (Å²) in [7, 11) is 0. The average Bonchev–Trinajstić information content (AvgIpc) is 1.31. The molecule has 0 atom stereocenters. The summed E-state index contributed by atoms with van der Waals surface area (Å²) in [5, 5.41) is 37.1. The number of nitrogens with one attached hydrogen (secondary N) is 4. The maximum atomic E-state index is 5.52. The highest BCUT2D eigenvalue weighted by atomic mass is 32.1. The van der Waals surface area contributed by atoms with Crippen LogP contribution in [0, 0.1) is 17.8 Å². The number of aromatic nitrogens is 14. The maximum absolute atomic E-state index is 5.52. The summed E-state index contributed by atoms with van der Waals surface area (Å²) in [6.45, 7) is 107. The monoisotopic (exact) mass is 1800 g/mol. The van der Waals surface area contributed by atoms with Crippen molar-refractivity contribution in [3.8, 4) is 0 Å². The number of thiazole rings is 1. The Hall–Kier alpha value is -8.93. The molecule has 1 aliphatic rings. The third kappa shape index (κ3) is 72.9. The summed E-state index contributed by atoms with van der Waals surface area (Å²) < 4.78 is 8.74. The van der Waals surface area contributed by atoms with Crippen LogP contribution in [0.25, 0.3) is 76.2 Å². The number of rotatable bonds is 5. The molecule has 0 bridgehead atoms. The zero-order valence-corrected chi connectivity index (χ0v) is 93.5. The number of imidazole rings is 1. The minimum atomic E-state index is 0.331. The van der Waals surface area contributed by atoms with E-state index in [-0.39, 0.29) is 0 Å². The lowest BCUT2D eigenvalue weighted by Gasteiger charge is -2.08. The molecule has 1 saturated heterocycles. The number of H-pyrrole nitrogens is 3. The number of benzene rings is 7. The zero-order chi connectivity index (χ0) is 102. The third-order valence-electron chi connectivity index (χ3n) is 13.1. The number of piperidine rings is 1. The van der Waals surface area contributed by atoms with E-state index in [0.29, 0.717) is 29.8 Å². The summed E-state index contributed by atoms with van der Waals surface area (Å²) in [5.74, 6) is 5.75. The molecule has 8 heterocycles. The molecule has 4 N–H and O–H groups in total. The van der Waals surface area contributed by atoms with Crippen molar-refractivity contribution in [3.05, 3.63) is 199 Å². The number of hydrogen-bond acceptors (Lipinski definition) is 12. The van der Waals surface area contributed by atoms with Crippen molar-refractivity contribution in [2.24, 2.45) is 17.8 Å². The molecule has 736 valence electrons. The largest absolute Gasteiger partial charge is 0.440 e. The van der Waals surface area contributed by atoms with Gasteiger partial charge in [-0.3, -0.25) is 10.2 Å². The van der Waals surface area contributed by atoms with Gasteiger partial charge in [-0.05, 0) is 144 Å². The van der Waals surface area contributed by atoms with Crippen molar-refractivity contribution in [1.82, 2.24) is 75.6 Å². The van der Waals surface area contributed by atoms with E-state index in [1.165, 1.54) is 42.1 Å². The van der Waals surface area contributed by atoms with E-state index in [0.717, 1.165) is 101 Å². The summed E-state index contributed by atoms with van der Waals surface area (Å²) in [6.07, 6.45) is 7.84. The minimum Gasteiger partial charge on any atom is -0.440 e. The fourth-order valence-corrected chi connectivity index (χ4v) is 9.43. The van der Waals surface area contributed by atoms with Crippen LogP contribution >= 0.6 is 11.3 Å². The normalized spacial score (nSPS) is 9.43. The highest BCUT2D eigenvalue weighted by Gasteiger charge is 2.10. The van der Waals surface area contributed by atoms with Gasteiger partial charge in [0, 0.05) is 34.6 Å². The van der Waals surface area contributed by atoms with Crippen molar-refractivity contribution in [1.29, 1.82) is 0 Å². The van der Waals surface area contributed by atoms with Crippen LogP contribution in [-0.2, 0) is 0 Å². The summed E-state index contributed by atoms with van der Waals surface area (Å²) in [5.41, 5.74) is 11.3. The first-order valence-electron chi connectivity index (χ1n) is 50.2. The Morgan fingerprint density at radius 2 is 0.664 bits per heavy atom. The van der Waals surface area contributed by atoms with Gasteiger partial charge in [0.25, 0.3) is 0 Å². The molecule has 0 spiro atoms. The first-order chi connectivity index (χ1) is 62.0. The van der Waals surface area contributed by atoms with Gasteiger partial charge in [-0.25, -0.2) is 19.6 Å². The lowest BCUT2D eigenvalue weighted by atomic mass is 10.2. The number of hydrogen-bond donors (Lipinski definition) is 4. The van der Waals surface area contributed by atoms with Crippen LogP contribution in [0.3, 0.4) is 0 Å². The molecule has 1 aliphatic heterocycles. The Morgan fingerprint density at radius 3 is 0.992 bits per heavy atom. The molecule has 7 aromatic heterocycles. The number of nitrogens with zero attached hydrogens (tertiary/aromatic N) is 11. The molecule has 17 heteroatoms. The van der Waals surface area contributed by atoms with Crippen molar-refractivity contribution in [3.63, 3.8) is 0 Å². The summed E-state index contributed by atoms with van der Waals surface area (Å²) in [6, 6.07) is 56.8. The standard InChI is InChI=1S/C10H12N2.C10H11NO.C10H11NS.2C9H11N3.2C7H6N2.C5H11N.3C4H10.16C2H6/c3*1-7(2)10-11-8-5-3-4-6-9(8)12-10;1-7(2)12-9-6-4-3-5-8(9)10-11-12;1-7(2)12-10-8-5-3-4-6-9(8)11-12;2*1-2-4-7-6(3-1)5-8-9-7;1-2-4-6-5-3-1;3*1-4(2)3;16*1-2/h3-7H,1-2H3,(H,11,12);4*3-7H,1-2H3;2*1-5H,(H,8,9);6H,1-5H2;3*4H,1-3H3;16*1-2H3. The third-order valence-corrected chi connectivity index (χ3v) is 14.4. The molecule has 128 heavy (non-hydrogen) atoms. The average molecular weight is 1800 g/mol. The van der Waals surface area contributed by atoms with Crippen LogP contribution < -0.4 is 5.32 Å². The van der Waals surface area contributed by atoms with E-state index in [1.807, 2.05) is 390 Å². The van der Waals surface area contributed by atoms with Gasteiger partial charge in [-0.2, -0.15) is 25.2 Å². The van der Waals surface area contributed by atoms with Crippen LogP contribution in [0.5, 0.6) is 0 Å². The van der Waals surface area contributed by atoms with Gasteiger partial charge in [0.15, 0.2) is 11.5 Å². The Bertz CT molecular complexity index is 3710. The van der Waals surface area contributed by atoms with Crippen molar-refractivity contribution in [2.75, 3.05) is 13.1 Å². The van der Waals surface area contributed by atoms with Gasteiger partial charge < -0.3 is 14.7 Å². The number of aromatic amines is 3. The quantitative estimate of drug-likeness (QED) is 0.128. The minimum absolute atomic E-state index is 0.331. The Labute approximate surface area is 794 Å². The topological polar surface area (TPSA) is 198 Å². The van der Waals surface area contributed by atoms with E-state index < -0.39 is 0 Å². The molecule has 15 rings (SSSR count). The number of para-hydroxylation sites is 8. The number of oxazole rings is 1. The van der Waals surface area contributed by atoms with Crippen molar-refractivity contribution in [2.45, 2.75) is 402 Å². The number of fused-ring (bicyclic) bond motifs is 7. The van der Waals surface area contributed by atoms with Crippen molar-refractivity contribution >= 4 is 87.6 Å². The van der Waals surface area contributed by atoms with E-state index in [9.17, 15) is 0 Å². The van der Waals surface area contributed by atoms with Crippen LogP contribution in [0.4, 0.5) is 0 Å². The Morgan fingerprint density at radius 1 is 0.320 bits per heavy atom. The SMILES string of the molecule is C1CCNCC1.CC.CC.CC.CC.CC.CC.CC.CC.CC.CC.CC.CC.CC.CC.CC.CC.CC(C)C.CC(C)C.CC(C)C.CC(C)c1nc2ccccc2[nH]1.CC(C)c1nc2ccccc2o1.CC(C)c1nc2ccccc2s1.CC(C)n1nc2ccccc2n1.CC(C)n1nnc2ccccc21.c1ccc2[nH]ncc2c1.c1ccc2[nH]ncc2c1. The van der Waals surface area contributed by atoms with Crippen molar-refractivity contribution < 1.29 is 4.42 Å². The zero-order valence-electron chi connectivity index (χ0n) is 92.7. The molecule has 0 saturated carbocycles. The van der Waals surface area contributed by atoms with Crippen LogP contribution in [0.2, 0.25) is 0 Å². The lowest BCUT2D eigenvalue weighted by Crippen LogP contribution is -2.21. The predicted molar refractivity (Wildman–Crippen MR) is 590 cm³/mol. The molecule has 0 aliphatic carbocycles. The molecular formula is C111H205N15OS. The fourth-order valence-electron chi connectivity index (χ4n) is 8.46. The molecule has 0 unspecified atom stereocenters. The smallest absolute Gasteiger partial charge is 0.198 e. The maximum Gasteiger partial charge on any atom is 0.198 e. The predicted octanol–water partition coefficient (Wildman–Crippen LogP) is 38.4. The molecule has 16 nitrogen and oxygen atoms in total. The molecule has 1 fully saturated rings. The van der Waals surface area contributed by atoms with E-state index in [1.54, 1.807) is 16.1 Å². The Kier molecular flexibility index (Phi) is 123. The second-order valence-corrected chi connectivity index (χ2v) is 27.8. The van der Waals surface area contributed by atoms with Crippen LogP contribution in [-0.4, -0.2) is 83.4 Å². The van der Waals surface area contributed by atoms with Gasteiger partial charge in [0.1, 0.15) is 27.9 Å². The van der Waals surface area contributed by atoms with Gasteiger partial charge in [0.2, 0.25) is 0 Å². The van der Waals surface area contributed by atoms with Gasteiger partial charge in [-0.1, -0.05) is 434 Å². The Balaban J connectivity index is -0.000000113. The van der Waals surface area contributed by atoms with Gasteiger partial charge >= 0.3 is 0 Å². The fraction of sp³-hybridized carbons (Fsp3) is 0.577. The molecule has 7 aromatic carbocycles. The molecular weight excluding hydrogens is 1590 g/mol. The highest BCUT2D eigenvalue weighted by molar-refractivity contribution is 7.18. The summed E-state index contributed by atoms with van der Waals surface area (Å²) in [4.78, 5) is 18.4. The summed E-state index contributed by atoms with van der Waals surface area (Å²) >= 11 is 1.79. The van der Waals surface area contributed by atoms with E-state index in [2.05, 4.69) is 216 Å². The molecule has 0 radical (unpaired) electrons. The first-order valence-corrected chi connectivity index (χ1v) is 51.1. The van der Waals surface area contributed by atoms with E-state index in [4.69, 9.17) is 4.42 Å². The lowest BCUT2D eigenvalue weighted by molar-refractivity contribution is 0.472. The first kappa shape index (κ1) is 145.